The SMILES string of the molecule is O=Cc1c(N2CC[N+]3(CCC[N+]4(CCNCC4)CC3)CC2)nc(-c2ccccc2)nc1N1CC[N+]2(CCC[N+]3(CCNCC3)CC2)CC1.[Br-].[Br-].[Br-].[Br-]. The lowest BCUT2D eigenvalue weighted by atomic mass is 10.1. The lowest BCUT2D eigenvalue weighted by molar-refractivity contribution is -0.964. The topological polar surface area (TPSA) is 73.4 Å². The highest BCUT2D eigenvalue weighted by molar-refractivity contribution is 5.91. The number of rotatable bonds is 4. The number of anilines is 2. The minimum absolute atomic E-state index is 0. The van der Waals surface area contributed by atoms with Crippen LogP contribution in [0.25, 0.3) is 11.4 Å². The molecule has 0 atom stereocenters. The van der Waals surface area contributed by atoms with Gasteiger partial charge in [-0.1, -0.05) is 30.3 Å². The number of aromatic nitrogens is 2. The number of aldehydes is 1. The Kier molecular flexibility index (Phi) is 16.0. The summed E-state index contributed by atoms with van der Waals surface area (Å²) in [5.74, 6) is 2.44. The Morgan fingerprint density at radius 3 is 1.23 bits per heavy atom. The first-order valence-electron chi connectivity index (χ1n) is 19.3. The Hall–Kier alpha value is -0.750. The van der Waals surface area contributed by atoms with Crippen LogP contribution < -0.4 is 88.4 Å². The summed E-state index contributed by atoms with van der Waals surface area (Å²) >= 11 is 0. The maximum absolute atomic E-state index is 13.1. The number of nitrogens with one attached hydrogen (secondary N) is 2. The molecule has 0 bridgehead atoms. The molecule has 6 aliphatic heterocycles. The summed E-state index contributed by atoms with van der Waals surface area (Å²) in [4.78, 5) is 28.3. The summed E-state index contributed by atoms with van der Waals surface area (Å²) in [6.07, 6.45) is 3.70. The first-order chi connectivity index (χ1) is 23.5. The maximum Gasteiger partial charge on any atom is 0.163 e. The van der Waals surface area contributed by atoms with Gasteiger partial charge in [0.25, 0.3) is 0 Å². The second kappa shape index (κ2) is 18.9. The van der Waals surface area contributed by atoms with Crippen molar-refractivity contribution in [3.63, 3.8) is 0 Å². The van der Waals surface area contributed by atoms with E-state index in [-0.39, 0.29) is 67.9 Å². The van der Waals surface area contributed by atoms with Crippen LogP contribution in [0.2, 0.25) is 0 Å². The van der Waals surface area contributed by atoms with E-state index in [1.54, 1.807) is 0 Å². The van der Waals surface area contributed by atoms with Crippen molar-refractivity contribution in [1.82, 2.24) is 20.6 Å². The highest BCUT2D eigenvalue weighted by Crippen LogP contribution is 2.33. The minimum Gasteiger partial charge on any atom is -1.00 e. The fraction of sp³-hybridized carbons (Fsp3) is 0.703. The van der Waals surface area contributed by atoms with Gasteiger partial charge in [-0.15, -0.1) is 0 Å². The molecule has 52 heavy (non-hydrogen) atoms. The molecular formula is C37H60Br4N10O. The second-order valence-electron chi connectivity index (χ2n) is 16.2. The van der Waals surface area contributed by atoms with Gasteiger partial charge in [0, 0.05) is 44.6 Å². The molecule has 11 nitrogen and oxygen atoms in total. The van der Waals surface area contributed by atoms with E-state index in [4.69, 9.17) is 9.97 Å². The number of carbonyl (C=O) groups excluding carboxylic acids is 1. The summed E-state index contributed by atoms with van der Waals surface area (Å²) in [6.45, 7) is 28.6. The van der Waals surface area contributed by atoms with Gasteiger partial charge in [-0.3, -0.25) is 4.79 Å². The summed E-state index contributed by atoms with van der Waals surface area (Å²) in [6, 6.07) is 10.4. The van der Waals surface area contributed by atoms with Crippen molar-refractivity contribution in [3.05, 3.63) is 35.9 Å². The van der Waals surface area contributed by atoms with Gasteiger partial charge in [-0.2, -0.15) is 0 Å². The van der Waals surface area contributed by atoms with Crippen molar-refractivity contribution >= 4 is 17.9 Å². The highest BCUT2D eigenvalue weighted by Gasteiger charge is 2.44. The molecule has 0 unspecified atom stereocenters. The van der Waals surface area contributed by atoms with Crippen LogP contribution in [0.15, 0.2) is 30.3 Å². The van der Waals surface area contributed by atoms with Gasteiger partial charge < -0.3 is 106 Å². The van der Waals surface area contributed by atoms with E-state index in [2.05, 4.69) is 44.7 Å². The van der Waals surface area contributed by atoms with E-state index in [1.807, 2.05) is 6.07 Å². The number of nitrogens with zero attached hydrogens (tertiary/aromatic N) is 8. The van der Waals surface area contributed by atoms with Gasteiger partial charge in [0.05, 0.1) is 110 Å². The Morgan fingerprint density at radius 1 is 0.500 bits per heavy atom. The van der Waals surface area contributed by atoms with Crippen LogP contribution in [-0.4, -0.2) is 191 Å². The van der Waals surface area contributed by atoms with Gasteiger partial charge in [-0.05, 0) is 0 Å². The Balaban J connectivity index is 0.00000151. The van der Waals surface area contributed by atoms with Gasteiger partial charge in [0.15, 0.2) is 12.1 Å². The minimum atomic E-state index is 0. The Morgan fingerprint density at radius 2 is 0.865 bits per heavy atom. The molecule has 15 heteroatoms. The van der Waals surface area contributed by atoms with Crippen molar-refractivity contribution < 1.29 is 90.7 Å². The average Bonchev–Trinajstić information content (AvgIpc) is 3.41. The molecule has 1 aromatic carbocycles. The largest absolute Gasteiger partial charge is 1.00 e. The molecule has 2 aromatic rings. The van der Waals surface area contributed by atoms with E-state index < -0.39 is 0 Å². The van der Waals surface area contributed by atoms with E-state index in [0.29, 0.717) is 5.56 Å². The molecule has 8 rings (SSSR count). The standard InChI is InChI=1S/C37H60N10O.4BrH/c48-32-34-36(42-12-24-46(25-13-42)18-4-16-44(28-30-46)20-8-38-9-21-44)40-35(33-6-2-1-3-7-33)41-37(34)43-14-26-47(27-15-43)19-5-17-45(29-31-47)22-10-39-11-23-45;;;;/h1-3,6-7,32,38-39H,4-5,8-31H2;4*1H/q+4;;;;/p-4. The van der Waals surface area contributed by atoms with E-state index in [9.17, 15) is 4.79 Å². The maximum atomic E-state index is 13.1. The van der Waals surface area contributed by atoms with Gasteiger partial charge in [0.1, 0.15) is 37.8 Å². The summed E-state index contributed by atoms with van der Waals surface area (Å²) < 4.78 is 5.09. The molecule has 292 valence electrons. The molecule has 0 saturated carbocycles. The van der Waals surface area contributed by atoms with Gasteiger partial charge in [-0.25, -0.2) is 9.97 Å². The number of hydrogen-bond acceptors (Lipinski definition) is 7. The summed E-state index contributed by atoms with van der Waals surface area (Å²) in [5, 5.41) is 7.16. The molecule has 0 amide bonds. The van der Waals surface area contributed by atoms with Gasteiger partial charge in [0.2, 0.25) is 0 Å². The zero-order valence-electron chi connectivity index (χ0n) is 30.8. The van der Waals surface area contributed by atoms with Crippen LogP contribution in [0.4, 0.5) is 11.6 Å². The van der Waals surface area contributed by atoms with Crippen LogP contribution in [0.3, 0.4) is 0 Å². The summed E-state index contributed by atoms with van der Waals surface area (Å²) in [5.41, 5.74) is 1.72. The molecule has 2 N–H and O–H groups in total. The van der Waals surface area contributed by atoms with Crippen molar-refractivity contribution in [2.24, 2.45) is 0 Å². The molecular weight excluding hydrogens is 920 g/mol. The number of carbonyl (C=O) groups is 1. The zero-order valence-corrected chi connectivity index (χ0v) is 37.2. The fourth-order valence-electron chi connectivity index (χ4n) is 10.3. The molecule has 4 spiro atoms. The molecule has 6 saturated heterocycles. The summed E-state index contributed by atoms with van der Waals surface area (Å²) in [7, 11) is 0. The molecule has 0 aliphatic carbocycles. The second-order valence-corrected chi connectivity index (χ2v) is 16.2. The highest BCUT2D eigenvalue weighted by atomic mass is 79.9. The predicted octanol–water partition coefficient (Wildman–Crippen LogP) is -11.1. The first kappa shape index (κ1) is 44.0. The number of hydrogen-bond donors (Lipinski definition) is 2. The third-order valence-corrected chi connectivity index (χ3v) is 13.7. The lowest BCUT2D eigenvalue weighted by Gasteiger charge is -2.46. The third kappa shape index (κ3) is 9.26. The van der Waals surface area contributed by atoms with E-state index in [0.717, 1.165) is 108 Å². The number of piperazine rings is 4. The normalized spacial score (nSPS) is 24.7. The van der Waals surface area contributed by atoms with Crippen molar-refractivity contribution in [2.45, 2.75) is 12.8 Å². The predicted molar refractivity (Wildman–Crippen MR) is 191 cm³/mol. The quantitative estimate of drug-likeness (QED) is 0.234. The monoisotopic (exact) mass is 976 g/mol. The van der Waals surface area contributed by atoms with Crippen LogP contribution >= 0.6 is 0 Å². The van der Waals surface area contributed by atoms with Crippen LogP contribution in [0.1, 0.15) is 23.2 Å². The average molecular weight is 981 g/mol. The van der Waals surface area contributed by atoms with Crippen molar-refractivity contribution in [1.29, 1.82) is 0 Å². The number of halogens is 4. The smallest absolute Gasteiger partial charge is 0.163 e. The van der Waals surface area contributed by atoms with Crippen LogP contribution in [0, 0.1) is 0 Å². The molecule has 6 aliphatic rings. The number of quaternary nitrogens is 4. The number of benzene rings is 1. The lowest BCUT2D eigenvalue weighted by Crippen LogP contribution is -3.00. The third-order valence-electron chi connectivity index (χ3n) is 13.7. The first-order valence-corrected chi connectivity index (χ1v) is 19.3. The zero-order chi connectivity index (χ0) is 32.5. The van der Waals surface area contributed by atoms with Crippen LogP contribution in [-0.2, 0) is 0 Å². The molecule has 7 heterocycles. The van der Waals surface area contributed by atoms with E-state index >= 15 is 0 Å². The van der Waals surface area contributed by atoms with Gasteiger partial charge >= 0.3 is 0 Å². The van der Waals surface area contributed by atoms with Crippen molar-refractivity contribution in [3.8, 4) is 11.4 Å². The fourth-order valence-corrected chi connectivity index (χ4v) is 10.3. The Labute approximate surface area is 353 Å². The van der Waals surface area contributed by atoms with E-state index in [1.165, 1.54) is 109 Å². The van der Waals surface area contributed by atoms with Crippen LogP contribution in [0.5, 0.6) is 0 Å². The molecule has 6 fully saturated rings. The van der Waals surface area contributed by atoms with Crippen molar-refractivity contribution in [2.75, 3.05) is 167 Å². The Bertz CT molecular complexity index is 1350. The molecule has 1 aromatic heterocycles. The molecule has 0 radical (unpaired) electrons.